The van der Waals surface area contributed by atoms with Crippen molar-refractivity contribution in [2.24, 2.45) is 0 Å². The number of hydrogen-bond acceptors (Lipinski definition) is 3. The molecule has 1 fully saturated rings. The molecule has 1 saturated heterocycles. The number of benzene rings is 1. The molecule has 2 amide bonds. The van der Waals surface area contributed by atoms with Crippen LogP contribution in [0.3, 0.4) is 0 Å². The van der Waals surface area contributed by atoms with E-state index in [0.29, 0.717) is 37.3 Å². The lowest BCUT2D eigenvalue weighted by molar-refractivity contribution is -0.130. The van der Waals surface area contributed by atoms with E-state index in [1.807, 2.05) is 24.0 Å². The van der Waals surface area contributed by atoms with Gasteiger partial charge in [0.25, 0.3) is 5.91 Å². The molecular formula is C15H21N3O2. The standard InChI is InChI=1S/C15H21N3O2/c1-2-14(19)17-8-5-9-18(11-10-17)15(20)12-6-3-4-7-13(12)16/h3-4,6-7H,2,5,8-11,16H2,1H3. The molecule has 0 spiro atoms. The molecule has 2 rings (SSSR count). The van der Waals surface area contributed by atoms with Crippen LogP contribution >= 0.6 is 0 Å². The van der Waals surface area contributed by atoms with Gasteiger partial charge in [0.2, 0.25) is 5.91 Å². The molecular weight excluding hydrogens is 254 g/mol. The molecule has 1 aliphatic rings. The number of para-hydroxylation sites is 1. The summed E-state index contributed by atoms with van der Waals surface area (Å²) in [6, 6.07) is 7.11. The van der Waals surface area contributed by atoms with E-state index in [1.165, 1.54) is 0 Å². The van der Waals surface area contributed by atoms with E-state index in [0.717, 1.165) is 13.0 Å². The van der Waals surface area contributed by atoms with Gasteiger partial charge in [0.05, 0.1) is 5.56 Å². The van der Waals surface area contributed by atoms with Gasteiger partial charge in [-0.25, -0.2) is 0 Å². The number of carbonyl (C=O) groups is 2. The van der Waals surface area contributed by atoms with E-state index in [9.17, 15) is 9.59 Å². The maximum Gasteiger partial charge on any atom is 0.256 e. The molecule has 0 saturated carbocycles. The Morgan fingerprint density at radius 3 is 2.45 bits per heavy atom. The van der Waals surface area contributed by atoms with Crippen LogP contribution in [-0.4, -0.2) is 47.8 Å². The summed E-state index contributed by atoms with van der Waals surface area (Å²) in [4.78, 5) is 27.8. The van der Waals surface area contributed by atoms with Crippen LogP contribution in [0.15, 0.2) is 24.3 Å². The van der Waals surface area contributed by atoms with E-state index in [4.69, 9.17) is 5.73 Å². The van der Waals surface area contributed by atoms with Gasteiger partial charge in [0.1, 0.15) is 0 Å². The fraction of sp³-hybridized carbons (Fsp3) is 0.467. The summed E-state index contributed by atoms with van der Waals surface area (Å²) in [5.41, 5.74) is 6.90. The fourth-order valence-corrected chi connectivity index (χ4v) is 2.46. The number of nitrogens with zero attached hydrogens (tertiary/aromatic N) is 2. The van der Waals surface area contributed by atoms with Crippen molar-refractivity contribution in [3.05, 3.63) is 29.8 Å². The summed E-state index contributed by atoms with van der Waals surface area (Å²) < 4.78 is 0. The summed E-state index contributed by atoms with van der Waals surface area (Å²) in [5.74, 6) is 0.104. The van der Waals surface area contributed by atoms with Crippen molar-refractivity contribution in [1.82, 2.24) is 9.80 Å². The number of anilines is 1. The summed E-state index contributed by atoms with van der Waals surface area (Å²) in [5, 5.41) is 0. The third-order valence-corrected chi connectivity index (χ3v) is 3.63. The first kappa shape index (κ1) is 14.4. The molecule has 0 atom stereocenters. The second-order valence-electron chi connectivity index (χ2n) is 4.97. The largest absolute Gasteiger partial charge is 0.398 e. The lowest BCUT2D eigenvalue weighted by Gasteiger charge is -2.22. The normalized spacial score (nSPS) is 15.8. The number of hydrogen-bond donors (Lipinski definition) is 1. The van der Waals surface area contributed by atoms with Crippen LogP contribution in [0, 0.1) is 0 Å². The Kier molecular flexibility index (Phi) is 4.61. The predicted octanol–water partition coefficient (Wildman–Crippen LogP) is 1.35. The van der Waals surface area contributed by atoms with Crippen LogP contribution in [-0.2, 0) is 4.79 Å². The van der Waals surface area contributed by atoms with Gasteiger partial charge in [0, 0.05) is 38.3 Å². The third kappa shape index (κ3) is 3.10. The first-order chi connectivity index (χ1) is 9.63. The molecule has 0 unspecified atom stereocenters. The van der Waals surface area contributed by atoms with Gasteiger partial charge in [-0.05, 0) is 18.6 Å². The molecule has 1 aromatic carbocycles. The Bertz CT molecular complexity index is 502. The van der Waals surface area contributed by atoms with Gasteiger partial charge in [-0.3, -0.25) is 9.59 Å². The highest BCUT2D eigenvalue weighted by atomic mass is 16.2. The average molecular weight is 275 g/mol. The topological polar surface area (TPSA) is 66.6 Å². The van der Waals surface area contributed by atoms with Gasteiger partial charge in [-0.1, -0.05) is 19.1 Å². The summed E-state index contributed by atoms with van der Waals surface area (Å²) in [7, 11) is 0. The lowest BCUT2D eigenvalue weighted by atomic mass is 10.1. The smallest absolute Gasteiger partial charge is 0.256 e. The van der Waals surface area contributed by atoms with Gasteiger partial charge >= 0.3 is 0 Å². The minimum Gasteiger partial charge on any atom is -0.398 e. The Hall–Kier alpha value is -2.04. The SMILES string of the molecule is CCC(=O)N1CCCN(C(=O)c2ccccc2N)CC1. The monoisotopic (exact) mass is 275 g/mol. The molecule has 1 aromatic rings. The summed E-state index contributed by atoms with van der Waals surface area (Å²) in [6.07, 6.45) is 1.32. The second-order valence-corrected chi connectivity index (χ2v) is 4.97. The van der Waals surface area contributed by atoms with Crippen LogP contribution in [0.25, 0.3) is 0 Å². The quantitative estimate of drug-likeness (QED) is 0.829. The highest BCUT2D eigenvalue weighted by molar-refractivity contribution is 5.99. The van der Waals surface area contributed by atoms with Crippen LogP contribution in [0.1, 0.15) is 30.1 Å². The first-order valence-electron chi connectivity index (χ1n) is 7.05. The van der Waals surface area contributed by atoms with Crippen molar-refractivity contribution in [2.75, 3.05) is 31.9 Å². The van der Waals surface area contributed by atoms with Crippen molar-refractivity contribution in [3.63, 3.8) is 0 Å². The molecule has 2 N–H and O–H groups in total. The summed E-state index contributed by atoms with van der Waals surface area (Å²) in [6.45, 7) is 4.42. The number of nitrogen functional groups attached to an aromatic ring is 1. The van der Waals surface area contributed by atoms with E-state index in [-0.39, 0.29) is 11.8 Å². The molecule has 20 heavy (non-hydrogen) atoms. The lowest BCUT2D eigenvalue weighted by Crippen LogP contribution is -2.37. The molecule has 108 valence electrons. The number of amides is 2. The van der Waals surface area contributed by atoms with Gasteiger partial charge in [0.15, 0.2) is 0 Å². The number of nitrogens with two attached hydrogens (primary N) is 1. The van der Waals surface area contributed by atoms with Crippen molar-refractivity contribution >= 4 is 17.5 Å². The van der Waals surface area contributed by atoms with Crippen LogP contribution in [0.4, 0.5) is 5.69 Å². The zero-order valence-corrected chi connectivity index (χ0v) is 11.8. The maximum absolute atomic E-state index is 12.5. The van der Waals surface area contributed by atoms with Crippen molar-refractivity contribution in [3.8, 4) is 0 Å². The zero-order chi connectivity index (χ0) is 14.5. The minimum atomic E-state index is -0.0473. The highest BCUT2D eigenvalue weighted by Crippen LogP contribution is 2.15. The van der Waals surface area contributed by atoms with E-state index >= 15 is 0 Å². The zero-order valence-electron chi connectivity index (χ0n) is 11.8. The van der Waals surface area contributed by atoms with Crippen molar-refractivity contribution < 1.29 is 9.59 Å². The van der Waals surface area contributed by atoms with E-state index in [1.54, 1.807) is 17.0 Å². The summed E-state index contributed by atoms with van der Waals surface area (Å²) >= 11 is 0. The van der Waals surface area contributed by atoms with Gasteiger partial charge < -0.3 is 15.5 Å². The molecule has 0 radical (unpaired) electrons. The highest BCUT2D eigenvalue weighted by Gasteiger charge is 2.22. The molecule has 0 bridgehead atoms. The molecule has 5 heteroatoms. The van der Waals surface area contributed by atoms with Crippen LogP contribution < -0.4 is 5.73 Å². The fourth-order valence-electron chi connectivity index (χ4n) is 2.46. The molecule has 0 aromatic heterocycles. The molecule has 1 aliphatic heterocycles. The number of carbonyl (C=O) groups excluding carboxylic acids is 2. The average Bonchev–Trinajstić information content (AvgIpc) is 2.72. The predicted molar refractivity (Wildman–Crippen MR) is 78.2 cm³/mol. The Morgan fingerprint density at radius 2 is 1.75 bits per heavy atom. The Balaban J connectivity index is 2.05. The van der Waals surface area contributed by atoms with E-state index in [2.05, 4.69) is 0 Å². The van der Waals surface area contributed by atoms with Crippen LogP contribution in [0.2, 0.25) is 0 Å². The number of rotatable bonds is 2. The molecule has 0 aliphatic carbocycles. The van der Waals surface area contributed by atoms with Crippen molar-refractivity contribution in [2.45, 2.75) is 19.8 Å². The molecule has 1 heterocycles. The van der Waals surface area contributed by atoms with Gasteiger partial charge in [-0.2, -0.15) is 0 Å². The maximum atomic E-state index is 12.5. The Labute approximate surface area is 119 Å². The minimum absolute atomic E-state index is 0.0473. The second kappa shape index (κ2) is 6.41. The van der Waals surface area contributed by atoms with Crippen molar-refractivity contribution in [1.29, 1.82) is 0 Å². The first-order valence-corrected chi connectivity index (χ1v) is 7.05. The molecule has 5 nitrogen and oxygen atoms in total. The van der Waals surface area contributed by atoms with E-state index < -0.39 is 0 Å². The van der Waals surface area contributed by atoms with Crippen LogP contribution in [0.5, 0.6) is 0 Å². The van der Waals surface area contributed by atoms with Gasteiger partial charge in [-0.15, -0.1) is 0 Å². The Morgan fingerprint density at radius 1 is 1.10 bits per heavy atom. The third-order valence-electron chi connectivity index (χ3n) is 3.63.